The molecule has 1 unspecified atom stereocenters. The average molecular weight is 444 g/mol. The Morgan fingerprint density at radius 2 is 1.88 bits per heavy atom. The Bertz CT molecular complexity index is 1120. The lowest BCUT2D eigenvalue weighted by molar-refractivity contribution is -0.137. The van der Waals surface area contributed by atoms with Crippen LogP contribution < -0.4 is 15.5 Å². The Labute approximate surface area is 181 Å². The van der Waals surface area contributed by atoms with E-state index in [0.29, 0.717) is 29.4 Å². The summed E-state index contributed by atoms with van der Waals surface area (Å²) in [4.78, 5) is 19.9. The SMILES string of the molecule is O=C(NO)Oc1ccc2c(c1)CC(Nc1nccc(-c3ccc(C(F)(F)F)cc3)n1)CC2. The van der Waals surface area contributed by atoms with Gasteiger partial charge in [-0.15, -0.1) is 0 Å². The number of nitrogens with one attached hydrogen (secondary N) is 2. The predicted octanol–water partition coefficient (Wildman–Crippen LogP) is 4.61. The molecule has 10 heteroatoms. The number of hydroxylamine groups is 1. The Morgan fingerprint density at radius 3 is 2.59 bits per heavy atom. The first-order valence-electron chi connectivity index (χ1n) is 9.83. The average Bonchev–Trinajstić information content (AvgIpc) is 2.78. The summed E-state index contributed by atoms with van der Waals surface area (Å²) in [6.07, 6.45) is -1.53. The molecule has 2 aromatic carbocycles. The van der Waals surface area contributed by atoms with Crippen molar-refractivity contribution in [2.24, 2.45) is 0 Å². The van der Waals surface area contributed by atoms with E-state index in [4.69, 9.17) is 9.94 Å². The molecule has 0 fully saturated rings. The maximum Gasteiger partial charge on any atom is 0.436 e. The van der Waals surface area contributed by atoms with Crippen LogP contribution in [-0.4, -0.2) is 27.3 Å². The molecule has 0 radical (unpaired) electrons. The van der Waals surface area contributed by atoms with Crippen LogP contribution in [0.2, 0.25) is 0 Å². The van der Waals surface area contributed by atoms with Crippen molar-refractivity contribution < 1.29 is 27.9 Å². The van der Waals surface area contributed by atoms with Gasteiger partial charge in [-0.05, 0) is 60.7 Å². The molecular formula is C22H19F3N4O3. The molecule has 0 aliphatic heterocycles. The number of rotatable bonds is 4. The second-order valence-electron chi connectivity index (χ2n) is 7.36. The molecular weight excluding hydrogens is 425 g/mol. The van der Waals surface area contributed by atoms with E-state index in [2.05, 4.69) is 15.3 Å². The van der Waals surface area contributed by atoms with Crippen molar-refractivity contribution in [3.05, 3.63) is 71.4 Å². The Morgan fingerprint density at radius 1 is 1.09 bits per heavy atom. The highest BCUT2D eigenvalue weighted by Gasteiger charge is 2.30. The van der Waals surface area contributed by atoms with Crippen molar-refractivity contribution in [1.29, 1.82) is 0 Å². The van der Waals surface area contributed by atoms with E-state index < -0.39 is 17.8 Å². The van der Waals surface area contributed by atoms with Crippen LogP contribution in [0.3, 0.4) is 0 Å². The summed E-state index contributed by atoms with van der Waals surface area (Å²) in [5.74, 6) is 0.694. The number of benzene rings is 2. The van der Waals surface area contributed by atoms with Crippen molar-refractivity contribution in [2.45, 2.75) is 31.5 Å². The van der Waals surface area contributed by atoms with Gasteiger partial charge in [0.15, 0.2) is 0 Å². The molecule has 7 nitrogen and oxygen atoms in total. The van der Waals surface area contributed by atoms with E-state index in [-0.39, 0.29) is 6.04 Å². The Balaban J connectivity index is 1.46. The smallest absolute Gasteiger partial charge is 0.409 e. The topological polar surface area (TPSA) is 96.4 Å². The fourth-order valence-corrected chi connectivity index (χ4v) is 3.65. The first kappa shape index (κ1) is 21.6. The molecule has 0 spiro atoms. The molecule has 1 heterocycles. The first-order chi connectivity index (χ1) is 15.3. The quantitative estimate of drug-likeness (QED) is 0.402. The molecule has 4 rings (SSSR count). The molecule has 3 N–H and O–H groups in total. The Hall–Kier alpha value is -3.66. The van der Waals surface area contributed by atoms with E-state index >= 15 is 0 Å². The second kappa shape index (κ2) is 8.83. The van der Waals surface area contributed by atoms with Crippen molar-refractivity contribution in [3.8, 4) is 17.0 Å². The number of ether oxygens (including phenoxy) is 1. The monoisotopic (exact) mass is 444 g/mol. The van der Waals surface area contributed by atoms with Gasteiger partial charge in [0.05, 0.1) is 11.3 Å². The predicted molar refractivity (Wildman–Crippen MR) is 109 cm³/mol. The number of fused-ring (bicyclic) bond motifs is 1. The van der Waals surface area contributed by atoms with Crippen LogP contribution in [0, 0.1) is 0 Å². The third-order valence-electron chi connectivity index (χ3n) is 5.20. The van der Waals surface area contributed by atoms with Crippen molar-refractivity contribution in [1.82, 2.24) is 15.4 Å². The Kier molecular flexibility index (Phi) is 5.95. The van der Waals surface area contributed by atoms with Gasteiger partial charge in [-0.25, -0.2) is 20.2 Å². The van der Waals surface area contributed by atoms with Gasteiger partial charge in [0.1, 0.15) is 5.75 Å². The van der Waals surface area contributed by atoms with Crippen LogP contribution in [0.15, 0.2) is 54.7 Å². The molecule has 1 amide bonds. The molecule has 1 atom stereocenters. The zero-order chi connectivity index (χ0) is 22.7. The molecule has 0 bridgehead atoms. The number of halogens is 3. The number of carbonyl (C=O) groups is 1. The van der Waals surface area contributed by atoms with E-state index in [9.17, 15) is 18.0 Å². The fraction of sp³-hybridized carbons (Fsp3) is 0.227. The number of amides is 1. The van der Waals surface area contributed by atoms with Gasteiger partial charge in [0.25, 0.3) is 0 Å². The maximum absolute atomic E-state index is 12.8. The third kappa shape index (κ3) is 4.97. The van der Waals surface area contributed by atoms with E-state index in [1.807, 2.05) is 6.07 Å². The van der Waals surface area contributed by atoms with Crippen LogP contribution >= 0.6 is 0 Å². The normalized spacial score (nSPS) is 15.6. The van der Waals surface area contributed by atoms with Crippen LogP contribution in [0.4, 0.5) is 23.9 Å². The minimum Gasteiger partial charge on any atom is -0.409 e. The number of aryl methyl sites for hydroxylation is 1. The van der Waals surface area contributed by atoms with Gasteiger partial charge < -0.3 is 10.1 Å². The lowest BCUT2D eigenvalue weighted by Gasteiger charge is -2.26. The summed E-state index contributed by atoms with van der Waals surface area (Å²) >= 11 is 0. The largest absolute Gasteiger partial charge is 0.436 e. The summed E-state index contributed by atoms with van der Waals surface area (Å²) in [6.45, 7) is 0. The number of alkyl halides is 3. The van der Waals surface area contributed by atoms with Crippen LogP contribution in [0.5, 0.6) is 5.75 Å². The standard InChI is InChI=1S/C22H19F3N4O3/c23-22(24,25)16-5-1-14(2-6-16)19-9-10-26-20(28-19)27-17-7-3-13-4-8-18(12-15(13)11-17)32-21(30)29-31/h1-2,4-6,8-10,12,17,31H,3,7,11H2,(H,29,30)(H,26,27,28). The summed E-state index contributed by atoms with van der Waals surface area (Å²) < 4.78 is 43.3. The van der Waals surface area contributed by atoms with Crippen molar-refractivity contribution in [2.75, 3.05) is 5.32 Å². The van der Waals surface area contributed by atoms with E-state index in [1.165, 1.54) is 17.6 Å². The van der Waals surface area contributed by atoms with Gasteiger partial charge in [-0.1, -0.05) is 18.2 Å². The number of nitrogens with zero attached hydrogens (tertiary/aromatic N) is 2. The van der Waals surface area contributed by atoms with Gasteiger partial charge in [-0.2, -0.15) is 13.2 Å². The molecule has 32 heavy (non-hydrogen) atoms. The van der Waals surface area contributed by atoms with Gasteiger partial charge >= 0.3 is 12.3 Å². The highest BCUT2D eigenvalue weighted by Crippen LogP contribution is 2.31. The van der Waals surface area contributed by atoms with Crippen LogP contribution in [0.1, 0.15) is 23.1 Å². The zero-order valence-electron chi connectivity index (χ0n) is 16.7. The fourth-order valence-electron chi connectivity index (χ4n) is 3.65. The zero-order valence-corrected chi connectivity index (χ0v) is 16.7. The lowest BCUT2D eigenvalue weighted by atomic mass is 9.88. The van der Waals surface area contributed by atoms with Gasteiger partial charge in [0, 0.05) is 17.8 Å². The van der Waals surface area contributed by atoms with E-state index in [1.54, 1.807) is 24.4 Å². The molecule has 0 saturated heterocycles. The summed E-state index contributed by atoms with van der Waals surface area (Å²) in [6, 6.07) is 11.8. The van der Waals surface area contributed by atoms with E-state index in [0.717, 1.165) is 36.1 Å². The summed E-state index contributed by atoms with van der Waals surface area (Å²) in [5, 5.41) is 11.9. The van der Waals surface area contributed by atoms with Crippen LogP contribution in [0.25, 0.3) is 11.3 Å². The number of aromatic nitrogens is 2. The number of carbonyl (C=O) groups excluding carboxylic acids is 1. The highest BCUT2D eigenvalue weighted by atomic mass is 19.4. The number of hydrogen-bond acceptors (Lipinski definition) is 6. The highest BCUT2D eigenvalue weighted by molar-refractivity contribution is 5.69. The third-order valence-corrected chi connectivity index (χ3v) is 5.20. The second-order valence-corrected chi connectivity index (χ2v) is 7.36. The maximum atomic E-state index is 12.8. The molecule has 1 aliphatic rings. The molecule has 1 aliphatic carbocycles. The molecule has 0 saturated carbocycles. The molecule has 166 valence electrons. The summed E-state index contributed by atoms with van der Waals surface area (Å²) in [5.41, 5.74) is 3.91. The number of anilines is 1. The minimum atomic E-state index is -4.39. The molecule has 1 aromatic heterocycles. The van der Waals surface area contributed by atoms with Gasteiger partial charge in [-0.3, -0.25) is 5.21 Å². The van der Waals surface area contributed by atoms with Gasteiger partial charge in [0.2, 0.25) is 5.95 Å². The number of hydrogen-bond donors (Lipinski definition) is 3. The first-order valence-corrected chi connectivity index (χ1v) is 9.83. The van der Waals surface area contributed by atoms with Crippen molar-refractivity contribution in [3.63, 3.8) is 0 Å². The van der Waals surface area contributed by atoms with Crippen molar-refractivity contribution >= 4 is 12.0 Å². The molecule has 3 aromatic rings. The lowest BCUT2D eigenvalue weighted by Crippen LogP contribution is -2.28. The minimum absolute atomic E-state index is 0.0206. The summed E-state index contributed by atoms with van der Waals surface area (Å²) in [7, 11) is 0. The van der Waals surface area contributed by atoms with Crippen LogP contribution in [-0.2, 0) is 19.0 Å².